The fourth-order valence-corrected chi connectivity index (χ4v) is 4.96. The molecule has 0 spiro atoms. The van der Waals surface area contributed by atoms with Crippen LogP contribution in [-0.2, 0) is 0 Å². The molecule has 0 radical (unpaired) electrons. The van der Waals surface area contributed by atoms with Crippen molar-refractivity contribution in [2.24, 2.45) is 0 Å². The first kappa shape index (κ1) is 39.7. The molecule has 0 fully saturated rings. The van der Waals surface area contributed by atoms with Crippen molar-refractivity contribution in [3.05, 3.63) is 0 Å². The highest BCUT2D eigenvalue weighted by Crippen LogP contribution is 2.07. The van der Waals surface area contributed by atoms with Gasteiger partial charge in [-0.05, 0) is 44.9 Å². The monoisotopic (exact) mass is 838 g/mol. The van der Waals surface area contributed by atoms with E-state index < -0.39 is 0 Å². The molecule has 0 bridgehead atoms. The van der Waals surface area contributed by atoms with Crippen LogP contribution in [0.1, 0.15) is 83.5 Å². The summed E-state index contributed by atoms with van der Waals surface area (Å²) in [4.78, 5) is 0. The van der Waals surface area contributed by atoms with Gasteiger partial charge in [-0.25, -0.2) is 0 Å². The lowest BCUT2D eigenvalue weighted by molar-refractivity contribution is 0.631. The van der Waals surface area contributed by atoms with Crippen LogP contribution in [0.15, 0.2) is 0 Å². The van der Waals surface area contributed by atoms with Crippen LogP contribution in [0.3, 0.4) is 0 Å². The smallest absolute Gasteiger partial charge is 0.0223 e. The summed E-state index contributed by atoms with van der Waals surface area (Å²) in [5.41, 5.74) is 0. The lowest BCUT2D eigenvalue weighted by Crippen LogP contribution is -1.80. The molecule has 0 aliphatic rings. The predicted molar refractivity (Wildman–Crippen MR) is 164 cm³/mol. The first-order valence-corrected chi connectivity index (χ1v) is 18.4. The van der Waals surface area contributed by atoms with Gasteiger partial charge >= 0.3 is 0 Å². The van der Waals surface area contributed by atoms with Gasteiger partial charge in [0.05, 0.1) is 0 Å². The van der Waals surface area contributed by atoms with Crippen LogP contribution < -0.4 is 0 Å². The van der Waals surface area contributed by atoms with Gasteiger partial charge in [0.25, 0.3) is 0 Å². The topological polar surface area (TPSA) is 0 Å². The molecule has 0 amide bonds. The Kier molecular flexibility index (Phi) is 66.7. The van der Waals surface area contributed by atoms with Crippen LogP contribution in [0.5, 0.6) is 0 Å². The summed E-state index contributed by atoms with van der Waals surface area (Å²) in [6.07, 6.45) is 17.0. The van der Waals surface area contributed by atoms with E-state index in [0.29, 0.717) is 0 Å². The fraction of sp³-hybridized carbons (Fsp3) is 1.00. The van der Waals surface area contributed by atoms with Crippen molar-refractivity contribution >= 4 is 119 Å². The van der Waals surface area contributed by atoms with E-state index in [0.717, 1.165) is 45.9 Å². The number of hydrogen-bond acceptors (Lipinski definition) is 0. The van der Waals surface area contributed by atoms with Crippen LogP contribution in [0.25, 0.3) is 0 Å². The zero-order chi connectivity index (χ0) is 22.8. The quantitative estimate of drug-likeness (QED) is 0.101. The average Bonchev–Trinajstić information content (AvgIpc) is 2.74. The third kappa shape index (κ3) is 65.2. The molecule has 182 valence electrons. The van der Waals surface area contributed by atoms with Gasteiger partial charge in [-0.15, -0.1) is 23.2 Å². The molecule has 0 aromatic rings. The van der Waals surface area contributed by atoms with E-state index >= 15 is 0 Å². The van der Waals surface area contributed by atoms with Gasteiger partial charge in [0.2, 0.25) is 0 Å². The van der Waals surface area contributed by atoms with Crippen LogP contribution >= 0.6 is 119 Å². The second-order valence-electron chi connectivity index (χ2n) is 6.11. The Labute approximate surface area is 243 Å². The summed E-state index contributed by atoms with van der Waals surface area (Å²) >= 11 is 30.8. The van der Waals surface area contributed by atoms with Crippen molar-refractivity contribution in [1.29, 1.82) is 0 Å². The van der Waals surface area contributed by atoms with E-state index in [2.05, 4.69) is 95.6 Å². The number of alkyl halides is 8. The van der Waals surface area contributed by atoms with Crippen molar-refractivity contribution in [2.75, 3.05) is 43.7 Å². The minimum absolute atomic E-state index is 0.743. The number of rotatable bonds is 17. The van der Waals surface area contributed by atoms with E-state index in [-0.39, 0.29) is 0 Å². The molecule has 0 rings (SSSR count). The second-order valence-corrected chi connectivity index (χ2v) is 11.6. The van der Waals surface area contributed by atoms with E-state index in [1.165, 1.54) is 81.3 Å². The summed E-state index contributed by atoms with van der Waals surface area (Å²) in [5, 5.41) is 6.89. The molecule has 0 unspecified atom stereocenters. The van der Waals surface area contributed by atoms with Crippen molar-refractivity contribution in [3.8, 4) is 0 Å². The van der Waals surface area contributed by atoms with Gasteiger partial charge in [-0.3, -0.25) is 0 Å². The van der Waals surface area contributed by atoms with Gasteiger partial charge in [0.1, 0.15) is 0 Å². The molecule has 0 N–H and O–H groups in total. The largest absolute Gasteiger partial charge is 0.127 e. The molecule has 0 heterocycles. The molecule has 0 aliphatic carbocycles. The van der Waals surface area contributed by atoms with E-state index in [9.17, 15) is 0 Å². The van der Waals surface area contributed by atoms with Gasteiger partial charge in [-0.1, -0.05) is 134 Å². The zero-order valence-electron chi connectivity index (χ0n) is 17.9. The molecule has 8 heteroatoms. The zero-order valence-corrected chi connectivity index (χ0v) is 28.9. The fourth-order valence-electron chi connectivity index (χ4n) is 1.68. The van der Waals surface area contributed by atoms with Crippen LogP contribution in [0, 0.1) is 0 Å². The normalized spacial score (nSPS) is 9.52. The second kappa shape index (κ2) is 48.8. The van der Waals surface area contributed by atoms with Gasteiger partial charge < -0.3 is 0 Å². The molecular weight excluding hydrogens is 803 g/mol. The average molecular weight is 845 g/mol. The van der Waals surface area contributed by atoms with E-state index in [4.69, 9.17) is 23.2 Å². The Hall–Kier alpha value is 3.46. The van der Waals surface area contributed by atoms with Crippen molar-refractivity contribution in [2.45, 2.75) is 83.5 Å². The van der Waals surface area contributed by atoms with Crippen molar-refractivity contribution in [3.63, 3.8) is 0 Å². The molecular formula is C21H42Br6Cl2. The highest BCUT2D eigenvalue weighted by molar-refractivity contribution is 9.10. The van der Waals surface area contributed by atoms with Gasteiger partial charge in [0, 0.05) is 43.7 Å². The summed E-state index contributed by atoms with van der Waals surface area (Å²) in [7, 11) is 0. The number of hydrogen-bond donors (Lipinski definition) is 0. The first-order valence-electron chi connectivity index (χ1n) is 10.6. The summed E-state index contributed by atoms with van der Waals surface area (Å²) < 4.78 is 0. The molecule has 0 nitrogen and oxygen atoms in total. The maximum atomic E-state index is 5.32. The molecule has 0 aromatic carbocycles. The molecule has 0 aromatic heterocycles. The first-order chi connectivity index (χ1) is 14.2. The van der Waals surface area contributed by atoms with Crippen LogP contribution in [0.2, 0.25) is 0 Å². The Balaban J connectivity index is -0.000000149. The van der Waals surface area contributed by atoms with Gasteiger partial charge in [0.15, 0.2) is 0 Å². The molecule has 0 atom stereocenters. The molecule has 29 heavy (non-hydrogen) atoms. The predicted octanol–water partition coefficient (Wildman–Crippen LogP) is 11.9. The van der Waals surface area contributed by atoms with Crippen molar-refractivity contribution in [1.82, 2.24) is 0 Å². The Morgan fingerprint density at radius 3 is 0.621 bits per heavy atom. The summed E-state index contributed by atoms with van der Waals surface area (Å²) in [6.45, 7) is 0. The van der Waals surface area contributed by atoms with Crippen LogP contribution in [-0.4, -0.2) is 43.7 Å². The standard InChI is InChI=1S/C8H16Br2.C6H12Br2.C4H8Cl2.C3H6Br2/c9-7-5-3-1-2-4-6-8-10;7-5-3-1-2-4-6-8;5-3-1-2-4-6;4-2-1-3-5/h1-8H2;1-6H2;1-4H2;1-3H2. The highest BCUT2D eigenvalue weighted by atomic mass is 79.9. The maximum absolute atomic E-state index is 5.32. The lowest BCUT2D eigenvalue weighted by atomic mass is 10.1. The minimum atomic E-state index is 0.743. The number of halogens is 8. The molecule has 0 saturated heterocycles. The minimum Gasteiger partial charge on any atom is -0.127 e. The summed E-state index contributed by atoms with van der Waals surface area (Å²) in [5.74, 6) is 1.49. The lowest BCUT2D eigenvalue weighted by Gasteiger charge is -1.96. The Morgan fingerprint density at radius 2 is 0.483 bits per heavy atom. The van der Waals surface area contributed by atoms with Crippen LogP contribution in [0.4, 0.5) is 0 Å². The highest BCUT2D eigenvalue weighted by Gasteiger charge is 1.88. The van der Waals surface area contributed by atoms with E-state index in [1.807, 2.05) is 0 Å². The Morgan fingerprint density at radius 1 is 0.276 bits per heavy atom. The SMILES string of the molecule is BrCCCBr.BrCCCCCCBr.BrCCCCCCCCBr.ClCCCCCl. The Bertz CT molecular complexity index is 196. The molecule has 0 aliphatic heterocycles. The van der Waals surface area contributed by atoms with Gasteiger partial charge in [-0.2, -0.15) is 0 Å². The molecule has 0 saturated carbocycles. The third-order valence-corrected chi connectivity index (χ3v) is 7.22. The van der Waals surface area contributed by atoms with E-state index in [1.54, 1.807) is 0 Å². The third-order valence-electron chi connectivity index (χ3n) is 3.32. The number of unbranched alkanes of at least 4 members (excludes halogenated alkanes) is 9. The van der Waals surface area contributed by atoms with Crippen molar-refractivity contribution < 1.29 is 0 Å². The maximum Gasteiger partial charge on any atom is 0.0223 e. The summed E-state index contributed by atoms with van der Waals surface area (Å²) in [6, 6.07) is 0.